The van der Waals surface area contributed by atoms with Crippen molar-refractivity contribution in [2.24, 2.45) is 0 Å². The second-order valence-electron chi connectivity index (χ2n) is 8.30. The van der Waals surface area contributed by atoms with E-state index in [-0.39, 0.29) is 18.4 Å². The highest BCUT2D eigenvalue weighted by atomic mass is 16.5. The molecular weight excluding hydrogens is 414 g/mol. The lowest BCUT2D eigenvalue weighted by molar-refractivity contribution is -0.143. The van der Waals surface area contributed by atoms with Gasteiger partial charge < -0.3 is 19.9 Å². The van der Waals surface area contributed by atoms with Crippen molar-refractivity contribution in [1.82, 2.24) is 15.2 Å². The predicted octanol–water partition coefficient (Wildman–Crippen LogP) is 4.96. The van der Waals surface area contributed by atoms with Crippen molar-refractivity contribution in [2.45, 2.75) is 53.2 Å². The lowest BCUT2D eigenvalue weighted by Crippen LogP contribution is -2.38. The van der Waals surface area contributed by atoms with Crippen molar-refractivity contribution < 1.29 is 14.3 Å². The Morgan fingerprint density at radius 1 is 1.00 bits per heavy atom. The van der Waals surface area contributed by atoms with Gasteiger partial charge in [-0.15, -0.1) is 0 Å². The molecule has 0 aliphatic rings. The first-order valence-corrected chi connectivity index (χ1v) is 11.3. The minimum atomic E-state index is -0.463. The molecule has 1 heterocycles. The molecule has 6 heteroatoms. The molecule has 0 aliphatic carbocycles. The van der Waals surface area contributed by atoms with Gasteiger partial charge in [0.15, 0.2) is 0 Å². The molecule has 0 saturated heterocycles. The van der Waals surface area contributed by atoms with E-state index >= 15 is 0 Å². The summed E-state index contributed by atoms with van der Waals surface area (Å²) < 4.78 is 7.23. The molecule has 2 N–H and O–H groups in total. The first-order chi connectivity index (χ1) is 15.9. The minimum absolute atomic E-state index is 0.0770. The number of benzene rings is 2. The molecule has 6 nitrogen and oxygen atoms in total. The molecule has 174 valence electrons. The van der Waals surface area contributed by atoms with E-state index in [0.717, 1.165) is 17.8 Å². The fourth-order valence-corrected chi connectivity index (χ4v) is 4.10. The molecule has 0 bridgehead atoms. The lowest BCUT2D eigenvalue weighted by atomic mass is 10.00. The number of aromatic nitrogens is 1. The Balaban J connectivity index is 1.65. The number of nitrogens with one attached hydrogen (secondary N) is 2. The summed E-state index contributed by atoms with van der Waals surface area (Å²) in [4.78, 5) is 24.7. The van der Waals surface area contributed by atoms with Crippen molar-refractivity contribution in [1.29, 1.82) is 0 Å². The third kappa shape index (κ3) is 6.72. The largest absolute Gasteiger partial charge is 0.466 e. The number of carbonyl (C=O) groups is 2. The van der Waals surface area contributed by atoms with E-state index in [1.165, 1.54) is 22.3 Å². The summed E-state index contributed by atoms with van der Waals surface area (Å²) in [6.45, 7) is 9.59. The molecule has 3 rings (SSSR count). The molecule has 1 atom stereocenters. The second kappa shape index (κ2) is 11.4. The number of aryl methyl sites for hydroxylation is 3. The van der Waals surface area contributed by atoms with Crippen LogP contribution in [-0.2, 0) is 22.6 Å². The van der Waals surface area contributed by atoms with Gasteiger partial charge in [-0.2, -0.15) is 0 Å². The molecule has 0 radical (unpaired) electrons. The zero-order chi connectivity index (χ0) is 23.8. The van der Waals surface area contributed by atoms with Crippen LogP contribution in [0, 0.1) is 20.8 Å². The number of urea groups is 1. The highest BCUT2D eigenvalue weighted by molar-refractivity contribution is 5.76. The van der Waals surface area contributed by atoms with Gasteiger partial charge in [0.25, 0.3) is 0 Å². The van der Waals surface area contributed by atoms with Gasteiger partial charge in [-0.25, -0.2) is 4.79 Å². The number of carbonyl (C=O) groups excluding carboxylic acids is 2. The Bertz CT molecular complexity index is 1070. The number of rotatable bonds is 9. The first kappa shape index (κ1) is 24.1. The molecule has 1 unspecified atom stereocenters. The van der Waals surface area contributed by atoms with Crippen molar-refractivity contribution in [2.75, 3.05) is 6.61 Å². The number of esters is 1. The summed E-state index contributed by atoms with van der Waals surface area (Å²) >= 11 is 0. The van der Waals surface area contributed by atoms with Gasteiger partial charge in [-0.05, 0) is 62.1 Å². The standard InChI is InChI=1S/C27H33N3O3/c1-5-33-26(31)16-25(22-10-7-6-8-11-22)29-27(32)28-17-23-12-9-13-30(23)18-24-20(3)14-19(2)15-21(24)4/h6-15,25H,5,16-18H2,1-4H3,(H2,28,29,32). The smallest absolute Gasteiger partial charge is 0.315 e. The molecule has 0 fully saturated rings. The van der Waals surface area contributed by atoms with Crippen LogP contribution in [0.15, 0.2) is 60.8 Å². The third-order valence-electron chi connectivity index (χ3n) is 5.71. The SMILES string of the molecule is CCOC(=O)CC(NC(=O)NCc1cccn1Cc1c(C)cc(C)cc1C)c1ccccc1. The fraction of sp³-hybridized carbons (Fsp3) is 0.333. The van der Waals surface area contributed by atoms with E-state index in [1.807, 2.05) is 48.7 Å². The van der Waals surface area contributed by atoms with Crippen LogP contribution in [0.5, 0.6) is 0 Å². The van der Waals surface area contributed by atoms with Gasteiger partial charge in [0.2, 0.25) is 0 Å². The van der Waals surface area contributed by atoms with E-state index in [2.05, 4.69) is 48.1 Å². The zero-order valence-corrected chi connectivity index (χ0v) is 19.9. The maximum atomic E-state index is 12.7. The quantitative estimate of drug-likeness (QED) is 0.456. The highest BCUT2D eigenvalue weighted by Crippen LogP contribution is 2.19. The van der Waals surface area contributed by atoms with Crippen LogP contribution in [0.3, 0.4) is 0 Å². The lowest BCUT2D eigenvalue weighted by Gasteiger charge is -2.19. The summed E-state index contributed by atoms with van der Waals surface area (Å²) in [5, 5.41) is 5.85. The van der Waals surface area contributed by atoms with Crippen LogP contribution in [0.1, 0.15) is 52.9 Å². The molecule has 3 aromatic rings. The molecule has 0 aliphatic heterocycles. The molecule has 0 spiro atoms. The molecule has 2 aromatic carbocycles. The Hall–Kier alpha value is -3.54. The van der Waals surface area contributed by atoms with Gasteiger partial charge >= 0.3 is 12.0 Å². The van der Waals surface area contributed by atoms with Crippen LogP contribution in [0.25, 0.3) is 0 Å². The molecule has 1 aromatic heterocycles. The number of ether oxygens (including phenoxy) is 1. The van der Waals surface area contributed by atoms with Gasteiger partial charge in [0.1, 0.15) is 0 Å². The zero-order valence-electron chi connectivity index (χ0n) is 19.9. The maximum absolute atomic E-state index is 12.7. The monoisotopic (exact) mass is 447 g/mol. The molecular formula is C27H33N3O3. The van der Waals surface area contributed by atoms with E-state index in [1.54, 1.807) is 6.92 Å². The van der Waals surface area contributed by atoms with Crippen molar-refractivity contribution in [3.63, 3.8) is 0 Å². The van der Waals surface area contributed by atoms with E-state index in [0.29, 0.717) is 13.2 Å². The van der Waals surface area contributed by atoms with Crippen molar-refractivity contribution in [3.05, 3.63) is 94.3 Å². The highest BCUT2D eigenvalue weighted by Gasteiger charge is 2.19. The third-order valence-corrected chi connectivity index (χ3v) is 5.71. The molecule has 0 saturated carbocycles. The summed E-state index contributed by atoms with van der Waals surface area (Å²) in [7, 11) is 0. The average Bonchev–Trinajstić information content (AvgIpc) is 3.22. The number of amides is 2. The summed E-state index contributed by atoms with van der Waals surface area (Å²) in [5.41, 5.74) is 6.95. The van der Waals surface area contributed by atoms with E-state index in [9.17, 15) is 9.59 Å². The van der Waals surface area contributed by atoms with Gasteiger partial charge in [-0.3, -0.25) is 4.79 Å². The molecule has 2 amide bonds. The number of hydrogen-bond donors (Lipinski definition) is 2. The Kier molecular flexibility index (Phi) is 8.30. The fourth-order valence-electron chi connectivity index (χ4n) is 4.10. The van der Waals surface area contributed by atoms with Crippen LogP contribution >= 0.6 is 0 Å². The van der Waals surface area contributed by atoms with Crippen LogP contribution in [-0.4, -0.2) is 23.2 Å². The Morgan fingerprint density at radius 3 is 2.36 bits per heavy atom. The first-order valence-electron chi connectivity index (χ1n) is 11.3. The topological polar surface area (TPSA) is 72.4 Å². The van der Waals surface area contributed by atoms with Crippen molar-refractivity contribution in [3.8, 4) is 0 Å². The van der Waals surface area contributed by atoms with Gasteiger partial charge in [0, 0.05) is 18.4 Å². The average molecular weight is 448 g/mol. The summed E-state index contributed by atoms with van der Waals surface area (Å²) in [5.74, 6) is -0.343. The van der Waals surface area contributed by atoms with Crippen LogP contribution in [0.4, 0.5) is 4.79 Å². The second-order valence-corrected chi connectivity index (χ2v) is 8.30. The van der Waals surface area contributed by atoms with Crippen LogP contribution in [0.2, 0.25) is 0 Å². The summed E-state index contributed by atoms with van der Waals surface area (Å²) in [6.07, 6.45) is 2.11. The molecule has 33 heavy (non-hydrogen) atoms. The predicted molar refractivity (Wildman–Crippen MR) is 130 cm³/mol. The Labute approximate surface area is 196 Å². The van der Waals surface area contributed by atoms with Gasteiger partial charge in [0.05, 0.1) is 25.6 Å². The minimum Gasteiger partial charge on any atom is -0.466 e. The summed E-state index contributed by atoms with van der Waals surface area (Å²) in [6, 6.07) is 17.0. The van der Waals surface area contributed by atoms with Crippen LogP contribution < -0.4 is 10.6 Å². The number of nitrogens with zero attached hydrogens (tertiary/aromatic N) is 1. The van der Waals surface area contributed by atoms with E-state index < -0.39 is 6.04 Å². The number of hydrogen-bond acceptors (Lipinski definition) is 3. The van der Waals surface area contributed by atoms with Crippen molar-refractivity contribution >= 4 is 12.0 Å². The maximum Gasteiger partial charge on any atom is 0.315 e. The van der Waals surface area contributed by atoms with Gasteiger partial charge in [-0.1, -0.05) is 48.0 Å². The van der Waals surface area contributed by atoms with E-state index in [4.69, 9.17) is 4.74 Å². The Morgan fingerprint density at radius 2 is 1.70 bits per heavy atom. The normalized spacial score (nSPS) is 11.6.